The number of hydrogen-bond acceptors (Lipinski definition) is 4. The van der Waals surface area contributed by atoms with Crippen LogP contribution in [0.25, 0.3) is 0 Å². The third-order valence-electron chi connectivity index (χ3n) is 3.41. The van der Waals surface area contributed by atoms with Crippen LogP contribution in [0, 0.1) is 0 Å². The highest BCUT2D eigenvalue weighted by Crippen LogP contribution is 2.23. The zero-order valence-corrected chi connectivity index (χ0v) is 12.9. The van der Waals surface area contributed by atoms with Crippen molar-refractivity contribution in [3.8, 4) is 0 Å². The molecular weight excluding hydrogens is 286 g/mol. The number of rotatable bonds is 6. The Balaban J connectivity index is 2.00. The van der Waals surface area contributed by atoms with Gasteiger partial charge in [0, 0.05) is 5.69 Å². The first kappa shape index (κ1) is 15.6. The maximum absolute atomic E-state index is 12.0. The Hall–Kier alpha value is -1.75. The number of aliphatic hydroxyl groups excluding tert-OH is 1. The molecule has 5 heteroatoms. The minimum Gasteiger partial charge on any atom is -0.515 e. The van der Waals surface area contributed by atoms with Crippen molar-refractivity contribution in [1.82, 2.24) is 0 Å². The topological polar surface area (TPSA) is 57.6 Å². The first-order valence-electron chi connectivity index (χ1n) is 7.03. The molecule has 1 fully saturated rings. The third kappa shape index (κ3) is 3.67. The smallest absolute Gasteiger partial charge is 0.265 e. The predicted molar refractivity (Wildman–Crippen MR) is 85.8 cm³/mol. The van der Waals surface area contributed by atoms with E-state index in [4.69, 9.17) is 5.11 Å². The summed E-state index contributed by atoms with van der Waals surface area (Å²) in [6.07, 6.45) is 2.75. The van der Waals surface area contributed by atoms with Crippen LogP contribution in [0.15, 0.2) is 36.1 Å². The van der Waals surface area contributed by atoms with E-state index in [0.29, 0.717) is 11.9 Å². The van der Waals surface area contributed by atoms with Crippen molar-refractivity contribution in [3.05, 3.63) is 41.7 Å². The fourth-order valence-corrected chi connectivity index (χ4v) is 2.90. The Morgan fingerprint density at radius 3 is 2.57 bits per heavy atom. The van der Waals surface area contributed by atoms with Crippen LogP contribution in [-0.4, -0.2) is 34.8 Å². The van der Waals surface area contributed by atoms with Gasteiger partial charge in [-0.2, -0.15) is 11.8 Å². The molecule has 0 bridgehead atoms. The van der Waals surface area contributed by atoms with E-state index in [1.165, 1.54) is 10.5 Å². The average molecular weight is 305 g/mol. The lowest BCUT2D eigenvalue weighted by molar-refractivity contribution is -0.116. The molecule has 0 aromatic heterocycles. The quantitative estimate of drug-likeness (QED) is 0.380. The Morgan fingerprint density at radius 1 is 1.29 bits per heavy atom. The molecule has 1 saturated heterocycles. The number of nitrogens with zero attached hydrogens (tertiary/aromatic N) is 1. The lowest BCUT2D eigenvalue weighted by Crippen LogP contribution is -2.24. The van der Waals surface area contributed by atoms with Gasteiger partial charge in [-0.05, 0) is 42.0 Å². The predicted octanol–water partition coefficient (Wildman–Crippen LogP) is 2.73. The second-order valence-corrected chi connectivity index (χ2v) is 6.22. The van der Waals surface area contributed by atoms with Gasteiger partial charge in [-0.1, -0.05) is 19.1 Å². The molecular formula is C16H19NO3S. The van der Waals surface area contributed by atoms with Crippen molar-refractivity contribution in [2.45, 2.75) is 19.8 Å². The number of hydrogen-bond donors (Lipinski definition) is 1. The molecule has 1 aromatic carbocycles. The second kappa shape index (κ2) is 7.31. The molecule has 4 nitrogen and oxygen atoms in total. The number of Topliss-reactive ketones (excluding diaryl/α,β-unsaturated/α-hetero) is 1. The summed E-state index contributed by atoms with van der Waals surface area (Å²) >= 11 is 1.93. The van der Waals surface area contributed by atoms with E-state index in [1.807, 2.05) is 36.0 Å². The summed E-state index contributed by atoms with van der Waals surface area (Å²) in [5.74, 6) is 1.52. The first-order chi connectivity index (χ1) is 10.2. The highest BCUT2D eigenvalue weighted by Gasteiger charge is 2.34. The summed E-state index contributed by atoms with van der Waals surface area (Å²) in [4.78, 5) is 24.9. The van der Waals surface area contributed by atoms with E-state index in [2.05, 4.69) is 6.92 Å². The second-order valence-electron chi connectivity index (χ2n) is 4.82. The maximum Gasteiger partial charge on any atom is 0.265 e. The van der Waals surface area contributed by atoms with Crippen molar-refractivity contribution in [3.63, 3.8) is 0 Å². The standard InChI is InChI=1S/C16H19NO3S/c1-2-21-9-3-4-12-5-7-13(8-6-12)17-10-15(19)14(11-18)16(17)20/h5-8,11,18H,2-4,9-10H2,1H3/b14-11-. The number of amides is 1. The molecule has 0 saturated carbocycles. The summed E-state index contributed by atoms with van der Waals surface area (Å²) in [6, 6.07) is 7.69. The SMILES string of the molecule is CCSCCCc1ccc(N2CC(=O)/C(=C/O)C2=O)cc1. The summed E-state index contributed by atoms with van der Waals surface area (Å²) in [5.41, 5.74) is 1.78. The van der Waals surface area contributed by atoms with Crippen LogP contribution >= 0.6 is 11.8 Å². The summed E-state index contributed by atoms with van der Waals surface area (Å²) in [6.45, 7) is 2.15. The average Bonchev–Trinajstić information content (AvgIpc) is 2.79. The van der Waals surface area contributed by atoms with Gasteiger partial charge in [0.15, 0.2) is 5.78 Å². The zero-order chi connectivity index (χ0) is 15.2. The van der Waals surface area contributed by atoms with Gasteiger partial charge in [-0.15, -0.1) is 0 Å². The molecule has 112 valence electrons. The van der Waals surface area contributed by atoms with Crippen LogP contribution in [0.5, 0.6) is 0 Å². The summed E-state index contributed by atoms with van der Waals surface area (Å²) in [7, 11) is 0. The third-order valence-corrected chi connectivity index (χ3v) is 4.40. The molecule has 0 unspecified atom stereocenters. The molecule has 2 rings (SSSR count). The number of carbonyl (C=O) groups excluding carboxylic acids is 2. The minimum atomic E-state index is -0.436. The molecule has 0 spiro atoms. The van der Waals surface area contributed by atoms with Gasteiger partial charge in [0.1, 0.15) is 5.57 Å². The Bertz CT molecular complexity index is 551. The van der Waals surface area contributed by atoms with E-state index in [0.717, 1.165) is 24.3 Å². The van der Waals surface area contributed by atoms with E-state index in [-0.39, 0.29) is 17.9 Å². The van der Waals surface area contributed by atoms with Gasteiger partial charge < -0.3 is 10.0 Å². The lowest BCUT2D eigenvalue weighted by atomic mass is 10.1. The van der Waals surface area contributed by atoms with Gasteiger partial charge >= 0.3 is 0 Å². The van der Waals surface area contributed by atoms with Gasteiger partial charge in [-0.3, -0.25) is 9.59 Å². The molecule has 1 heterocycles. The highest BCUT2D eigenvalue weighted by atomic mass is 32.2. The van der Waals surface area contributed by atoms with Crippen molar-refractivity contribution in [1.29, 1.82) is 0 Å². The zero-order valence-electron chi connectivity index (χ0n) is 12.0. The van der Waals surface area contributed by atoms with Crippen LogP contribution in [0.3, 0.4) is 0 Å². The van der Waals surface area contributed by atoms with Crippen LogP contribution in [-0.2, 0) is 16.0 Å². The fourth-order valence-electron chi connectivity index (χ4n) is 2.27. The first-order valence-corrected chi connectivity index (χ1v) is 8.19. The van der Waals surface area contributed by atoms with E-state index in [1.54, 1.807) is 0 Å². The summed E-state index contributed by atoms with van der Waals surface area (Å²) < 4.78 is 0. The molecule has 1 aliphatic rings. The number of carbonyl (C=O) groups is 2. The van der Waals surface area contributed by atoms with E-state index < -0.39 is 5.91 Å². The Labute approximate surface area is 128 Å². The molecule has 1 amide bonds. The van der Waals surface area contributed by atoms with Crippen molar-refractivity contribution >= 4 is 29.1 Å². The fraction of sp³-hybridized carbons (Fsp3) is 0.375. The van der Waals surface area contributed by atoms with Crippen LogP contribution < -0.4 is 4.90 Å². The normalized spacial score (nSPS) is 17.0. The highest BCUT2D eigenvalue weighted by molar-refractivity contribution is 7.99. The number of aliphatic hydroxyl groups is 1. The summed E-state index contributed by atoms with van der Waals surface area (Å²) in [5, 5.41) is 8.92. The van der Waals surface area contributed by atoms with Crippen LogP contribution in [0.1, 0.15) is 18.9 Å². The number of thioether (sulfide) groups is 1. The number of anilines is 1. The van der Waals surface area contributed by atoms with Gasteiger partial charge in [0.2, 0.25) is 0 Å². The largest absolute Gasteiger partial charge is 0.515 e. The number of ketones is 1. The van der Waals surface area contributed by atoms with E-state index >= 15 is 0 Å². The maximum atomic E-state index is 12.0. The van der Waals surface area contributed by atoms with Crippen molar-refractivity contribution in [2.75, 3.05) is 23.0 Å². The molecule has 1 N–H and O–H groups in total. The van der Waals surface area contributed by atoms with E-state index in [9.17, 15) is 9.59 Å². The van der Waals surface area contributed by atoms with Crippen LogP contribution in [0.4, 0.5) is 5.69 Å². The number of aryl methyl sites for hydroxylation is 1. The Kier molecular flexibility index (Phi) is 5.44. The Morgan fingerprint density at radius 2 is 2.00 bits per heavy atom. The van der Waals surface area contributed by atoms with Gasteiger partial charge in [0.05, 0.1) is 12.8 Å². The minimum absolute atomic E-state index is 0.00227. The molecule has 0 aliphatic carbocycles. The van der Waals surface area contributed by atoms with Gasteiger partial charge in [0.25, 0.3) is 5.91 Å². The molecule has 0 radical (unpaired) electrons. The van der Waals surface area contributed by atoms with Crippen molar-refractivity contribution < 1.29 is 14.7 Å². The molecule has 21 heavy (non-hydrogen) atoms. The monoisotopic (exact) mass is 305 g/mol. The molecule has 1 aromatic rings. The molecule has 1 aliphatic heterocycles. The lowest BCUT2D eigenvalue weighted by Gasteiger charge is -2.14. The molecule has 0 atom stereocenters. The van der Waals surface area contributed by atoms with Crippen molar-refractivity contribution in [2.24, 2.45) is 0 Å². The van der Waals surface area contributed by atoms with Crippen LogP contribution in [0.2, 0.25) is 0 Å². The van der Waals surface area contributed by atoms with Gasteiger partial charge in [-0.25, -0.2) is 0 Å². The number of benzene rings is 1.